The van der Waals surface area contributed by atoms with Crippen LogP contribution in [0.25, 0.3) is 0 Å². The fraction of sp³-hybridized carbons (Fsp3) is 0.769. The second kappa shape index (κ2) is 7.73. The first kappa shape index (κ1) is 15.5. The maximum absolute atomic E-state index is 10.9. The zero-order valence-corrected chi connectivity index (χ0v) is 12.2. The Labute approximate surface area is 107 Å². The van der Waals surface area contributed by atoms with Gasteiger partial charge in [0.25, 0.3) is 0 Å². The van der Waals surface area contributed by atoms with E-state index in [1.165, 1.54) is 7.11 Å². The molecule has 2 nitrogen and oxygen atoms in total. The summed E-state index contributed by atoms with van der Waals surface area (Å²) in [6.07, 6.45) is 3.33. The fourth-order valence-corrected chi connectivity index (χ4v) is 1.50. The standard InChI is InChI=1S/C13H21BrO2/c1-13(2,3)10-9-11(14)7-5-6-8-12(15)16-4/h11H,5-8H2,1-4H3. The van der Waals surface area contributed by atoms with Crippen LogP contribution in [0.4, 0.5) is 0 Å². The molecule has 0 saturated heterocycles. The highest BCUT2D eigenvalue weighted by molar-refractivity contribution is 9.09. The number of methoxy groups -OCH3 is 1. The molecule has 0 rings (SSSR count). The van der Waals surface area contributed by atoms with E-state index in [4.69, 9.17) is 0 Å². The van der Waals surface area contributed by atoms with Crippen LogP contribution >= 0.6 is 15.9 Å². The average molecular weight is 289 g/mol. The Morgan fingerprint density at radius 1 is 1.38 bits per heavy atom. The third-order valence-electron chi connectivity index (χ3n) is 1.92. The van der Waals surface area contributed by atoms with Gasteiger partial charge in [0.2, 0.25) is 0 Å². The Morgan fingerprint density at radius 2 is 2.00 bits per heavy atom. The molecule has 0 aliphatic rings. The van der Waals surface area contributed by atoms with Crippen LogP contribution in [-0.2, 0) is 9.53 Å². The summed E-state index contributed by atoms with van der Waals surface area (Å²) in [4.78, 5) is 11.1. The Balaban J connectivity index is 3.69. The molecule has 0 spiro atoms. The van der Waals surface area contributed by atoms with Crippen LogP contribution in [0.1, 0.15) is 46.5 Å². The van der Waals surface area contributed by atoms with E-state index >= 15 is 0 Å². The average Bonchev–Trinajstić information content (AvgIpc) is 2.20. The zero-order valence-electron chi connectivity index (χ0n) is 10.6. The highest BCUT2D eigenvalue weighted by Crippen LogP contribution is 2.14. The number of hydrogen-bond donors (Lipinski definition) is 0. The smallest absolute Gasteiger partial charge is 0.305 e. The summed E-state index contributed by atoms with van der Waals surface area (Å²) in [7, 11) is 1.42. The Bertz CT molecular complexity index is 268. The first-order valence-corrected chi connectivity index (χ1v) is 6.50. The molecule has 0 heterocycles. The quantitative estimate of drug-likeness (QED) is 0.335. The Morgan fingerprint density at radius 3 is 2.50 bits per heavy atom. The predicted octanol–water partition coefficient (Wildman–Crippen LogP) is 3.53. The van der Waals surface area contributed by atoms with Crippen LogP contribution in [0.2, 0.25) is 0 Å². The summed E-state index contributed by atoms with van der Waals surface area (Å²) >= 11 is 3.53. The maximum atomic E-state index is 10.9. The lowest BCUT2D eigenvalue weighted by Gasteiger charge is -2.08. The van der Waals surface area contributed by atoms with Gasteiger partial charge in [0.1, 0.15) is 0 Å². The summed E-state index contributed by atoms with van der Waals surface area (Å²) in [5, 5.41) is 0. The third kappa shape index (κ3) is 10.0. The van der Waals surface area contributed by atoms with E-state index in [-0.39, 0.29) is 16.2 Å². The van der Waals surface area contributed by atoms with Crippen molar-refractivity contribution in [3.8, 4) is 11.8 Å². The van der Waals surface area contributed by atoms with E-state index in [2.05, 4.69) is 53.3 Å². The minimum absolute atomic E-state index is 0.0536. The van der Waals surface area contributed by atoms with Crippen molar-refractivity contribution in [3.05, 3.63) is 0 Å². The SMILES string of the molecule is COC(=O)CCCCC(Br)C#CC(C)(C)C. The van der Waals surface area contributed by atoms with Gasteiger partial charge in [-0.05, 0) is 33.6 Å². The van der Waals surface area contributed by atoms with E-state index in [9.17, 15) is 4.79 Å². The molecular formula is C13H21BrO2. The minimum Gasteiger partial charge on any atom is -0.469 e. The van der Waals surface area contributed by atoms with Crippen LogP contribution in [0.5, 0.6) is 0 Å². The lowest BCUT2D eigenvalue weighted by molar-refractivity contribution is -0.140. The molecule has 16 heavy (non-hydrogen) atoms. The summed E-state index contributed by atoms with van der Waals surface area (Å²) in [5.41, 5.74) is 0.0536. The number of halogens is 1. The number of carbonyl (C=O) groups excluding carboxylic acids is 1. The summed E-state index contributed by atoms with van der Waals surface area (Å²) in [5.74, 6) is 6.24. The van der Waals surface area contributed by atoms with Crippen LogP contribution in [0.3, 0.4) is 0 Å². The van der Waals surface area contributed by atoms with Gasteiger partial charge in [-0.1, -0.05) is 34.2 Å². The molecule has 0 aliphatic carbocycles. The van der Waals surface area contributed by atoms with Gasteiger partial charge < -0.3 is 4.74 Å². The van der Waals surface area contributed by atoms with E-state index in [1.54, 1.807) is 0 Å². The number of rotatable bonds is 5. The monoisotopic (exact) mass is 288 g/mol. The molecule has 0 fully saturated rings. The number of ether oxygens (including phenoxy) is 1. The maximum Gasteiger partial charge on any atom is 0.305 e. The summed E-state index contributed by atoms with van der Waals surface area (Å²) in [6, 6.07) is 0. The van der Waals surface area contributed by atoms with Gasteiger partial charge in [-0.3, -0.25) is 4.79 Å². The van der Waals surface area contributed by atoms with Crippen LogP contribution in [0.15, 0.2) is 0 Å². The van der Waals surface area contributed by atoms with E-state index in [1.807, 2.05) is 0 Å². The first-order valence-electron chi connectivity index (χ1n) is 5.59. The molecule has 1 unspecified atom stereocenters. The van der Waals surface area contributed by atoms with Gasteiger partial charge in [-0.2, -0.15) is 0 Å². The highest BCUT2D eigenvalue weighted by Gasteiger charge is 2.06. The van der Waals surface area contributed by atoms with Gasteiger partial charge in [-0.15, -0.1) is 0 Å². The Kier molecular flexibility index (Phi) is 7.49. The summed E-state index contributed by atoms with van der Waals surface area (Å²) in [6.45, 7) is 6.28. The number of alkyl halides is 1. The van der Waals surface area contributed by atoms with Crippen molar-refractivity contribution in [2.24, 2.45) is 5.41 Å². The van der Waals surface area contributed by atoms with Crippen molar-refractivity contribution in [2.45, 2.75) is 51.3 Å². The van der Waals surface area contributed by atoms with Crippen LogP contribution in [0, 0.1) is 17.3 Å². The molecule has 0 amide bonds. The third-order valence-corrected chi connectivity index (χ3v) is 2.61. The molecule has 92 valence electrons. The second-order valence-electron chi connectivity index (χ2n) is 4.81. The van der Waals surface area contributed by atoms with Gasteiger partial charge in [-0.25, -0.2) is 0 Å². The molecule has 0 aliphatic heterocycles. The number of esters is 1. The van der Waals surface area contributed by atoms with Crippen LogP contribution in [-0.4, -0.2) is 17.9 Å². The van der Waals surface area contributed by atoms with Crippen molar-refractivity contribution in [3.63, 3.8) is 0 Å². The number of hydrogen-bond acceptors (Lipinski definition) is 2. The van der Waals surface area contributed by atoms with Crippen molar-refractivity contribution in [1.29, 1.82) is 0 Å². The molecule has 0 saturated carbocycles. The van der Waals surface area contributed by atoms with Gasteiger partial charge >= 0.3 is 5.97 Å². The summed E-state index contributed by atoms with van der Waals surface area (Å²) < 4.78 is 4.57. The van der Waals surface area contributed by atoms with Gasteiger partial charge in [0, 0.05) is 11.8 Å². The van der Waals surface area contributed by atoms with Crippen molar-refractivity contribution in [1.82, 2.24) is 0 Å². The van der Waals surface area contributed by atoms with Crippen molar-refractivity contribution < 1.29 is 9.53 Å². The van der Waals surface area contributed by atoms with E-state index < -0.39 is 0 Å². The van der Waals surface area contributed by atoms with Crippen molar-refractivity contribution >= 4 is 21.9 Å². The van der Waals surface area contributed by atoms with E-state index in [0.717, 1.165) is 19.3 Å². The topological polar surface area (TPSA) is 26.3 Å². The first-order chi connectivity index (χ1) is 7.35. The number of carbonyl (C=O) groups is 1. The number of unbranched alkanes of at least 4 members (excludes halogenated alkanes) is 1. The predicted molar refractivity (Wildman–Crippen MR) is 70.4 cm³/mol. The van der Waals surface area contributed by atoms with E-state index in [0.29, 0.717) is 6.42 Å². The largest absolute Gasteiger partial charge is 0.469 e. The second-order valence-corrected chi connectivity index (χ2v) is 5.91. The molecule has 1 atom stereocenters. The molecule has 0 aromatic carbocycles. The van der Waals surface area contributed by atoms with Gasteiger partial charge in [0.05, 0.1) is 11.9 Å². The lowest BCUT2D eigenvalue weighted by atomic mass is 9.97. The molecule has 0 N–H and O–H groups in total. The molecule has 0 aromatic rings. The molecular weight excluding hydrogens is 268 g/mol. The molecule has 0 aromatic heterocycles. The van der Waals surface area contributed by atoms with Crippen molar-refractivity contribution in [2.75, 3.05) is 7.11 Å². The zero-order chi connectivity index (χ0) is 12.6. The Hall–Kier alpha value is -0.490. The lowest BCUT2D eigenvalue weighted by Crippen LogP contribution is -2.03. The molecule has 0 radical (unpaired) electrons. The minimum atomic E-state index is -0.133. The van der Waals surface area contributed by atoms with Crippen LogP contribution < -0.4 is 0 Å². The normalized spacial score (nSPS) is 12.6. The molecule has 3 heteroatoms. The highest BCUT2D eigenvalue weighted by atomic mass is 79.9. The van der Waals surface area contributed by atoms with Gasteiger partial charge in [0.15, 0.2) is 0 Å². The fourth-order valence-electron chi connectivity index (χ4n) is 1.06. The molecule has 0 bridgehead atoms.